The number of thioether (sulfide) groups is 1. The molecule has 1 aromatic heterocycles. The Bertz CT molecular complexity index is 3200. The van der Waals surface area contributed by atoms with Crippen LogP contribution < -0.4 is 75.7 Å². The molecule has 12 amide bonds. The number of carbonyl (C=O) groups is 14. The van der Waals surface area contributed by atoms with Crippen molar-refractivity contribution in [2.24, 2.45) is 45.9 Å². The summed E-state index contributed by atoms with van der Waals surface area (Å²) in [5.41, 5.74) is 18.6. The standard InChI is InChI=1S/C66H103N17O17S/c1-9-34(5)52(69)66-81-48(31-101-66)63(98)76-43(25-33(3)4)59(94)74-42(21-22-50(86)87)58(93)82-53(35(6)10-2)64(99)75-40-19-14-15-24-71-55(90)46(28-49(68)85)78-62(97)47(29-51(88)89)79-61(96)45(27-39-30-70-32-72-39)77-60(95)44(26-38-17-12-11-13-18-38)80-65(100)54(36(7)37(8)84)83-57(92)41(20-16-23-67)73-56(40)91/h11-13,17-18,30,32-37,40-48,52-54,84H,9-10,14-16,19-29,31,67,69H2,1-8H3,(H2,68,85)(H,70,72)(H,71,90)(H,73,91)(H,74,94)(H,75,99)(H,76,98)(H,77,95)(H,78,97)(H,79,96)(H,80,100)(H,82,93)(H,83,92)(H,86,87)(H,88,89)/t34-,35-,36-,37?,40-,41+,42+,43-,44+,45-,46-,47+,48-,52-,53-,54-/m0/s1. The highest BCUT2D eigenvalue weighted by atomic mass is 32.2. The number of H-pyrrole nitrogens is 1. The monoisotopic (exact) mass is 1440 g/mol. The Morgan fingerprint density at radius 1 is 0.673 bits per heavy atom. The van der Waals surface area contributed by atoms with Crippen LogP contribution >= 0.6 is 11.8 Å². The van der Waals surface area contributed by atoms with Crippen molar-refractivity contribution in [1.29, 1.82) is 0 Å². The summed E-state index contributed by atoms with van der Waals surface area (Å²) < 4.78 is 0. The number of aliphatic imine (C=N–C) groups is 1. The first kappa shape index (κ1) is 84.3. The summed E-state index contributed by atoms with van der Waals surface area (Å²) in [5.74, 6) is -16.5. The fraction of sp³-hybridized carbons (Fsp3) is 0.636. The normalized spacial score (nSPS) is 23.4. The largest absolute Gasteiger partial charge is 0.481 e. The van der Waals surface area contributed by atoms with Crippen molar-refractivity contribution in [1.82, 2.24) is 68.5 Å². The average Bonchev–Trinajstić information content (AvgIpc) is 1.84. The van der Waals surface area contributed by atoms with Gasteiger partial charge in [0.15, 0.2) is 0 Å². The molecule has 3 heterocycles. The minimum atomic E-state index is -1.97. The lowest BCUT2D eigenvalue weighted by atomic mass is 9.94. The van der Waals surface area contributed by atoms with E-state index in [1.165, 1.54) is 38.1 Å². The zero-order valence-corrected chi connectivity index (χ0v) is 59.3. The van der Waals surface area contributed by atoms with E-state index in [1.807, 2.05) is 13.8 Å². The van der Waals surface area contributed by atoms with Gasteiger partial charge in [0.25, 0.3) is 0 Å². The molecule has 16 atom stereocenters. The molecule has 0 aliphatic carbocycles. The van der Waals surface area contributed by atoms with Crippen LogP contribution in [0, 0.1) is 23.7 Å². The second kappa shape index (κ2) is 42.2. The summed E-state index contributed by atoms with van der Waals surface area (Å²) in [7, 11) is 0. The number of nitrogens with two attached hydrogens (primary N) is 3. The van der Waals surface area contributed by atoms with E-state index in [0.717, 1.165) is 6.42 Å². The number of primary amides is 1. The molecule has 2 aromatic rings. The first-order valence-corrected chi connectivity index (χ1v) is 35.1. The zero-order chi connectivity index (χ0) is 75.2. The molecule has 0 radical (unpaired) electrons. The summed E-state index contributed by atoms with van der Waals surface area (Å²) in [6.45, 7) is 13.3. The fourth-order valence-corrected chi connectivity index (χ4v) is 12.1. The minimum Gasteiger partial charge on any atom is -0.481 e. The number of imidazole rings is 1. The quantitative estimate of drug-likeness (QED) is 0.0365. The SMILES string of the molecule is CC[C@H](C)[C@H](N)C1=N[C@H](C(=O)N[C@@H](CC(C)C)C(=O)N[C@H](CCC(=O)O)C(=O)N[C@H](C(=O)N[C@H]2CCCCNC(=O)[C@H](CC(N)=O)NC(=O)[C@@H](CC(=O)O)NC(=O)[C@H](Cc3cnc[nH]3)NC(=O)[C@@H](Cc3ccccc3)NC(=O)[C@H]([C@@H](C)C(C)O)NC(=O)[C@@H](CCCN)NC2=O)[C@@H](C)CC)CS1. The van der Waals surface area contributed by atoms with Crippen molar-refractivity contribution in [2.45, 2.75) is 224 Å². The van der Waals surface area contributed by atoms with E-state index in [9.17, 15) is 82.4 Å². The van der Waals surface area contributed by atoms with Crippen molar-refractivity contribution in [2.75, 3.05) is 18.8 Å². The number of aliphatic carboxylic acids is 2. The lowest BCUT2D eigenvalue weighted by Gasteiger charge is -2.31. The molecular formula is C66H103N17O17S. The molecule has 0 bridgehead atoms. The maximum Gasteiger partial charge on any atom is 0.305 e. The van der Waals surface area contributed by atoms with Crippen molar-refractivity contribution >= 4 is 99.6 Å². The number of hydrogen-bond donors (Lipinski definition) is 18. The molecule has 21 N–H and O–H groups in total. The van der Waals surface area contributed by atoms with Crippen LogP contribution in [0.1, 0.15) is 144 Å². The van der Waals surface area contributed by atoms with Gasteiger partial charge in [-0.15, -0.1) is 11.8 Å². The first-order chi connectivity index (χ1) is 47.8. The van der Waals surface area contributed by atoms with Gasteiger partial charge < -0.3 is 96.0 Å². The Morgan fingerprint density at radius 2 is 1.27 bits per heavy atom. The van der Waals surface area contributed by atoms with E-state index in [2.05, 4.69) is 73.4 Å². The molecule has 1 aromatic carbocycles. The molecule has 34 nitrogen and oxygen atoms in total. The predicted molar refractivity (Wildman–Crippen MR) is 371 cm³/mol. The molecule has 2 aliphatic heterocycles. The van der Waals surface area contributed by atoms with E-state index in [-0.39, 0.29) is 94.2 Å². The van der Waals surface area contributed by atoms with E-state index >= 15 is 0 Å². The van der Waals surface area contributed by atoms with Crippen LogP contribution in [-0.2, 0) is 80.0 Å². The topological polar surface area (TPSA) is 551 Å². The number of aliphatic hydroxyl groups excluding tert-OH is 1. The smallest absolute Gasteiger partial charge is 0.305 e. The third-order valence-corrected chi connectivity index (χ3v) is 18.7. The van der Waals surface area contributed by atoms with Gasteiger partial charge in [-0.1, -0.05) is 91.6 Å². The highest BCUT2D eigenvalue weighted by molar-refractivity contribution is 8.14. The highest BCUT2D eigenvalue weighted by Gasteiger charge is 2.40. The lowest BCUT2D eigenvalue weighted by molar-refractivity contribution is -0.142. The minimum absolute atomic E-state index is 0.00481. The fourth-order valence-electron chi connectivity index (χ4n) is 10.9. The molecule has 4 rings (SSSR count). The third-order valence-electron chi connectivity index (χ3n) is 17.6. The number of aliphatic hydroxyl groups is 1. The van der Waals surface area contributed by atoms with Gasteiger partial charge in [-0.25, -0.2) is 4.98 Å². The van der Waals surface area contributed by atoms with Crippen LogP contribution in [0.15, 0.2) is 47.8 Å². The zero-order valence-electron chi connectivity index (χ0n) is 58.5. The number of carboxylic acids is 2. The molecule has 0 spiro atoms. The summed E-state index contributed by atoms with van der Waals surface area (Å²) in [5, 5.41) is 59.6. The predicted octanol–water partition coefficient (Wildman–Crippen LogP) is -2.71. The maximum atomic E-state index is 14.9. The highest BCUT2D eigenvalue weighted by Crippen LogP contribution is 2.25. The van der Waals surface area contributed by atoms with E-state index < -0.39 is 199 Å². The molecule has 35 heteroatoms. The van der Waals surface area contributed by atoms with Gasteiger partial charge >= 0.3 is 11.9 Å². The van der Waals surface area contributed by atoms with Crippen LogP contribution in [-0.4, -0.2) is 211 Å². The van der Waals surface area contributed by atoms with Gasteiger partial charge in [0.2, 0.25) is 70.9 Å². The number of benzene rings is 1. The first-order valence-electron chi connectivity index (χ1n) is 34.2. The number of hydrogen-bond acceptors (Lipinski definition) is 20. The van der Waals surface area contributed by atoms with Gasteiger partial charge in [-0.3, -0.25) is 72.1 Å². The third kappa shape index (κ3) is 28.1. The van der Waals surface area contributed by atoms with E-state index in [0.29, 0.717) is 10.6 Å². The molecule has 560 valence electrons. The van der Waals surface area contributed by atoms with Crippen molar-refractivity contribution < 1.29 is 82.4 Å². The van der Waals surface area contributed by atoms with Crippen molar-refractivity contribution in [3.8, 4) is 0 Å². The van der Waals surface area contributed by atoms with Crippen LogP contribution in [0.25, 0.3) is 0 Å². The van der Waals surface area contributed by atoms with Gasteiger partial charge in [-0.05, 0) is 81.7 Å². The second-order valence-corrected chi connectivity index (χ2v) is 27.2. The molecule has 0 saturated carbocycles. The number of aromatic amines is 1. The number of amides is 12. The number of carbonyl (C=O) groups excluding carboxylic acids is 12. The van der Waals surface area contributed by atoms with Gasteiger partial charge in [-0.2, -0.15) is 0 Å². The summed E-state index contributed by atoms with van der Waals surface area (Å²) in [6, 6.07) is -9.17. The number of rotatable bonds is 31. The number of nitrogens with zero attached hydrogens (tertiary/aromatic N) is 2. The Hall–Kier alpha value is -9.09. The summed E-state index contributed by atoms with van der Waals surface area (Å²) in [6.07, 6.45) is -1.69. The van der Waals surface area contributed by atoms with Crippen LogP contribution in [0.2, 0.25) is 0 Å². The Balaban J connectivity index is 1.79. The average molecular weight is 1440 g/mol. The van der Waals surface area contributed by atoms with Crippen molar-refractivity contribution in [3.63, 3.8) is 0 Å². The Kier molecular flexibility index (Phi) is 35.3. The Labute approximate surface area is 590 Å². The number of nitrogens with one attached hydrogen (secondary N) is 12. The Morgan fingerprint density at radius 3 is 1.85 bits per heavy atom. The van der Waals surface area contributed by atoms with Crippen LogP contribution in [0.5, 0.6) is 0 Å². The molecule has 1 fully saturated rings. The molecule has 1 saturated heterocycles. The van der Waals surface area contributed by atoms with Crippen molar-refractivity contribution in [3.05, 3.63) is 54.1 Å². The van der Waals surface area contributed by atoms with E-state index in [1.54, 1.807) is 58.0 Å². The van der Waals surface area contributed by atoms with Gasteiger partial charge in [0.1, 0.15) is 66.5 Å². The molecular weight excluding hydrogens is 1330 g/mol. The maximum absolute atomic E-state index is 14.9. The lowest BCUT2D eigenvalue weighted by Crippen LogP contribution is -2.62. The molecule has 101 heavy (non-hydrogen) atoms. The molecule has 1 unspecified atom stereocenters. The van der Waals surface area contributed by atoms with E-state index in [4.69, 9.17) is 17.2 Å². The summed E-state index contributed by atoms with van der Waals surface area (Å²) >= 11 is 1.34. The van der Waals surface area contributed by atoms with Crippen LogP contribution in [0.3, 0.4) is 0 Å². The van der Waals surface area contributed by atoms with Gasteiger partial charge in [0.05, 0.1) is 36.4 Å². The molecule has 2 aliphatic rings. The second-order valence-electron chi connectivity index (χ2n) is 26.2. The number of aromatic nitrogens is 2. The summed E-state index contributed by atoms with van der Waals surface area (Å²) in [4.78, 5) is 207. The van der Waals surface area contributed by atoms with Crippen LogP contribution in [0.4, 0.5) is 0 Å². The number of carboxylic acid groups (broad SMARTS) is 2. The van der Waals surface area contributed by atoms with Gasteiger partial charge in [0, 0.05) is 49.4 Å².